The Morgan fingerprint density at radius 3 is 2.40 bits per heavy atom. The molecule has 0 aliphatic carbocycles. The maximum absolute atomic E-state index is 13.9. The molecule has 356 valence electrons. The number of Topliss-reactive ketones (excluding diaryl/α,β-unsaturated/α-hetero) is 1. The van der Waals surface area contributed by atoms with E-state index in [2.05, 4.69) is 26.8 Å². The van der Waals surface area contributed by atoms with Crippen molar-refractivity contribution in [3.8, 4) is 0 Å². The molecule has 0 saturated carbocycles. The van der Waals surface area contributed by atoms with Crippen LogP contribution in [-0.2, 0) is 47.5 Å². The summed E-state index contributed by atoms with van der Waals surface area (Å²) in [6.45, 7) is 13.6. The quantitative estimate of drug-likeness (QED) is 0.153. The lowest BCUT2D eigenvalue weighted by atomic mass is 9.86. The Balaban J connectivity index is 0.868. The summed E-state index contributed by atoms with van der Waals surface area (Å²) in [5.41, 5.74) is -1.37. The molecule has 63 heavy (non-hydrogen) atoms. The van der Waals surface area contributed by atoms with E-state index in [1.807, 2.05) is 13.0 Å². The van der Waals surface area contributed by atoms with Crippen LogP contribution in [0.15, 0.2) is 23.8 Å². The van der Waals surface area contributed by atoms with Crippen LogP contribution in [-0.4, -0.2) is 150 Å². The monoisotopic (exact) mass is 892 g/mol. The van der Waals surface area contributed by atoms with Crippen LogP contribution in [0.5, 0.6) is 0 Å². The number of carboxylic acid groups (broad SMARTS) is 1. The summed E-state index contributed by atoms with van der Waals surface area (Å²) >= 11 is 0. The average Bonchev–Trinajstić information content (AvgIpc) is 4.02. The van der Waals surface area contributed by atoms with Gasteiger partial charge in [0.15, 0.2) is 17.4 Å². The fourth-order valence-corrected chi connectivity index (χ4v) is 12.2. The van der Waals surface area contributed by atoms with Gasteiger partial charge in [-0.3, -0.25) is 9.59 Å². The Labute approximate surface area is 370 Å². The van der Waals surface area contributed by atoms with Crippen molar-refractivity contribution in [1.29, 1.82) is 0 Å². The number of ketones is 1. The van der Waals surface area contributed by atoms with Gasteiger partial charge in [-0.05, 0) is 97.8 Å². The second-order valence-corrected chi connectivity index (χ2v) is 21.3. The number of fused-ring (bicyclic) bond motifs is 2. The minimum Gasteiger partial charge on any atom is -0.481 e. The summed E-state index contributed by atoms with van der Waals surface area (Å²) in [6.07, 6.45) is 2.59. The number of carbonyl (C=O) groups is 2. The average molecular weight is 893 g/mol. The summed E-state index contributed by atoms with van der Waals surface area (Å²) in [5, 5.41) is 64.8. The minimum atomic E-state index is -2.13. The van der Waals surface area contributed by atoms with Crippen molar-refractivity contribution < 1.29 is 78.1 Å². The Bertz CT molecular complexity index is 1770. The molecule has 2 bridgehead atoms. The molecule has 16 heteroatoms. The number of aliphatic carboxylic acids is 1. The van der Waals surface area contributed by atoms with Crippen molar-refractivity contribution in [2.75, 3.05) is 6.61 Å². The van der Waals surface area contributed by atoms with E-state index in [-0.39, 0.29) is 36.8 Å². The molecule has 0 aromatic heterocycles. The van der Waals surface area contributed by atoms with Crippen molar-refractivity contribution >= 4 is 11.8 Å². The topological polar surface area (TPSA) is 229 Å². The summed E-state index contributed by atoms with van der Waals surface area (Å²) in [6, 6.07) is 0. The summed E-state index contributed by atoms with van der Waals surface area (Å²) in [4.78, 5) is 25.6. The molecule has 20 unspecified atom stereocenters. The zero-order chi connectivity index (χ0) is 45.5. The molecule has 0 aromatic rings. The molecule has 8 fully saturated rings. The molecule has 8 aliphatic rings. The number of hydrogen-bond donors (Lipinski definition) is 6. The van der Waals surface area contributed by atoms with Gasteiger partial charge < -0.3 is 68.5 Å². The molecular weight excluding hydrogens is 821 g/mol. The van der Waals surface area contributed by atoms with Gasteiger partial charge in [-0.15, -0.1) is 0 Å². The third-order valence-electron chi connectivity index (χ3n) is 15.8. The molecule has 16 nitrogen and oxygen atoms in total. The van der Waals surface area contributed by atoms with Gasteiger partial charge in [-0.1, -0.05) is 37.6 Å². The van der Waals surface area contributed by atoms with Gasteiger partial charge >= 0.3 is 5.97 Å². The second kappa shape index (κ2) is 17.3. The lowest BCUT2D eigenvalue weighted by Crippen LogP contribution is -2.62. The third-order valence-corrected chi connectivity index (χ3v) is 15.8. The predicted molar refractivity (Wildman–Crippen MR) is 223 cm³/mol. The third kappa shape index (κ3) is 9.00. The zero-order valence-electron chi connectivity index (χ0n) is 38.0. The van der Waals surface area contributed by atoms with Crippen LogP contribution in [0.1, 0.15) is 132 Å². The largest absolute Gasteiger partial charge is 0.481 e. The van der Waals surface area contributed by atoms with E-state index in [0.717, 1.165) is 24.8 Å². The molecule has 1 spiro atoms. The highest BCUT2D eigenvalue weighted by Crippen LogP contribution is 2.55. The van der Waals surface area contributed by atoms with Gasteiger partial charge in [0.2, 0.25) is 5.79 Å². The maximum Gasteiger partial charge on any atom is 0.308 e. The first kappa shape index (κ1) is 47.6. The number of aliphatic hydroxyl groups is 5. The summed E-state index contributed by atoms with van der Waals surface area (Å²) in [7, 11) is 0. The number of allylic oxidation sites excluding steroid dienone is 3. The van der Waals surface area contributed by atoms with E-state index in [9.17, 15) is 40.2 Å². The smallest absolute Gasteiger partial charge is 0.308 e. The van der Waals surface area contributed by atoms with Crippen LogP contribution in [0.2, 0.25) is 0 Å². The molecule has 8 saturated heterocycles. The molecule has 0 amide bonds. The van der Waals surface area contributed by atoms with E-state index >= 15 is 0 Å². The standard InChI is InChI=1S/C47H72O16/c1-25(10-11-31-35(49)36(50)40(57-31)47(55)38(51)27(3)14-20-56-47)21-26(2)22-42(5)16-13-34(61-42)46-19-18-43(6,63-46)24-33(60-46)37-29(48)23-44(7,62-37)39(52)32-12-17-45(59-32)15-8-9-30(58-45)28(4)41(53)54/h10-11,21,26-28,30-40,49-52,55H,8-9,12-20,22-24H2,1-7H3,(H,53,54). The van der Waals surface area contributed by atoms with E-state index in [1.54, 1.807) is 26.8 Å². The molecule has 6 N–H and O–H groups in total. The summed E-state index contributed by atoms with van der Waals surface area (Å²) in [5.74, 6) is -6.10. The Morgan fingerprint density at radius 2 is 1.65 bits per heavy atom. The van der Waals surface area contributed by atoms with Crippen molar-refractivity contribution in [3.05, 3.63) is 23.8 Å². The normalized spacial score (nSPS) is 50.8. The SMILES string of the molecule is CC(C=CC1OC(C2(O)OCCC(C)C2O)C(O)C1O)=CC(C)CC1(C)CCC(C23CCC(C)(CC(C4OC(C)(C(O)C5CCC6(CCCC(C(C)C(=O)O)O6)O5)CC4=O)O2)O3)O1. The molecule has 0 radical (unpaired) electrons. The van der Waals surface area contributed by atoms with Crippen LogP contribution in [0.4, 0.5) is 0 Å². The first-order valence-corrected chi connectivity index (χ1v) is 23.5. The first-order valence-electron chi connectivity index (χ1n) is 23.5. The highest BCUT2D eigenvalue weighted by molar-refractivity contribution is 5.86. The molecule has 20 atom stereocenters. The number of ether oxygens (including phenoxy) is 8. The van der Waals surface area contributed by atoms with Gasteiger partial charge in [-0.2, -0.15) is 0 Å². The zero-order valence-corrected chi connectivity index (χ0v) is 38.0. The van der Waals surface area contributed by atoms with Crippen molar-refractivity contribution in [3.63, 3.8) is 0 Å². The molecule has 8 aliphatic heterocycles. The lowest BCUT2D eigenvalue weighted by Gasteiger charge is -2.47. The van der Waals surface area contributed by atoms with Crippen molar-refractivity contribution in [2.24, 2.45) is 17.8 Å². The lowest BCUT2D eigenvalue weighted by molar-refractivity contribution is -0.359. The maximum atomic E-state index is 13.9. The van der Waals surface area contributed by atoms with Crippen molar-refractivity contribution in [1.82, 2.24) is 0 Å². The van der Waals surface area contributed by atoms with E-state index in [0.29, 0.717) is 57.8 Å². The van der Waals surface area contributed by atoms with E-state index in [1.165, 1.54) is 0 Å². The molecule has 8 rings (SSSR count). The van der Waals surface area contributed by atoms with Crippen LogP contribution in [0, 0.1) is 17.8 Å². The van der Waals surface area contributed by atoms with Gasteiger partial charge in [0.1, 0.15) is 54.4 Å². The minimum absolute atomic E-state index is 0.00775. The highest BCUT2D eigenvalue weighted by Gasteiger charge is 2.65. The number of aliphatic hydroxyl groups excluding tert-OH is 4. The number of carboxylic acids is 1. The van der Waals surface area contributed by atoms with Crippen LogP contribution < -0.4 is 0 Å². The number of rotatable bonds is 12. The second-order valence-electron chi connectivity index (χ2n) is 21.3. The van der Waals surface area contributed by atoms with E-state index < -0.39 is 107 Å². The molecule has 0 aromatic carbocycles. The van der Waals surface area contributed by atoms with Crippen LogP contribution >= 0.6 is 0 Å². The Hall–Kier alpha value is -1.90. The Kier molecular flexibility index (Phi) is 13.1. The number of carbonyl (C=O) groups excluding carboxylic acids is 1. The Morgan fingerprint density at radius 1 is 0.905 bits per heavy atom. The summed E-state index contributed by atoms with van der Waals surface area (Å²) < 4.78 is 51.1. The van der Waals surface area contributed by atoms with Gasteiger partial charge in [0.25, 0.3) is 0 Å². The number of hydrogen-bond acceptors (Lipinski definition) is 15. The fourth-order valence-electron chi connectivity index (χ4n) is 12.2. The highest BCUT2D eigenvalue weighted by atomic mass is 16.8. The van der Waals surface area contributed by atoms with Gasteiger partial charge in [0, 0.05) is 32.1 Å². The van der Waals surface area contributed by atoms with E-state index in [4.69, 9.17) is 37.9 Å². The first-order chi connectivity index (χ1) is 29.5. The molecule has 8 heterocycles. The van der Waals surface area contributed by atoms with Gasteiger partial charge in [0.05, 0.1) is 42.0 Å². The van der Waals surface area contributed by atoms with Crippen molar-refractivity contribution in [2.45, 2.75) is 233 Å². The molecular formula is C47H72O16. The predicted octanol–water partition coefficient (Wildman–Crippen LogP) is 3.74. The van der Waals surface area contributed by atoms with Crippen LogP contribution in [0.25, 0.3) is 0 Å². The fraction of sp³-hybridized carbons (Fsp3) is 0.872. The van der Waals surface area contributed by atoms with Crippen LogP contribution in [0.3, 0.4) is 0 Å². The van der Waals surface area contributed by atoms with Gasteiger partial charge in [-0.25, -0.2) is 0 Å².